The van der Waals surface area contributed by atoms with Gasteiger partial charge in [-0.05, 0) is 24.3 Å². The molecule has 150 valence electrons. The van der Waals surface area contributed by atoms with Crippen LogP contribution in [0.5, 0.6) is 11.5 Å². The lowest BCUT2D eigenvalue weighted by molar-refractivity contribution is -0.145. The average molecular weight is 412 g/mol. The molecule has 0 fully saturated rings. The second-order valence-electron chi connectivity index (χ2n) is 6.04. The maximum absolute atomic E-state index is 12.7. The molecule has 1 aliphatic rings. The summed E-state index contributed by atoms with van der Waals surface area (Å²) in [4.78, 5) is 27.0. The molecule has 1 heterocycles. The van der Waals surface area contributed by atoms with Gasteiger partial charge in [0, 0.05) is 23.2 Å². The first-order chi connectivity index (χ1) is 14.2. The van der Waals surface area contributed by atoms with Gasteiger partial charge in [-0.25, -0.2) is 0 Å². The van der Waals surface area contributed by atoms with E-state index in [-0.39, 0.29) is 18.7 Å². The van der Waals surface area contributed by atoms with E-state index in [4.69, 9.17) is 19.5 Å². The Hall–Kier alpha value is -3.18. The number of ether oxygens (including phenoxy) is 3. The Kier molecular flexibility index (Phi) is 7.36. The maximum atomic E-state index is 12.7. The lowest BCUT2D eigenvalue weighted by Gasteiger charge is -2.24. The molecular weight excluding hydrogens is 392 g/mol. The second-order valence-corrected chi connectivity index (χ2v) is 7.09. The molecule has 0 spiro atoms. The number of amides is 1. The molecule has 8 heteroatoms. The Morgan fingerprint density at radius 1 is 1.10 bits per heavy atom. The van der Waals surface area contributed by atoms with Crippen molar-refractivity contribution in [2.24, 2.45) is 0 Å². The van der Waals surface area contributed by atoms with Gasteiger partial charge in [0.15, 0.2) is 18.1 Å². The van der Waals surface area contributed by atoms with Gasteiger partial charge in [0.25, 0.3) is 5.91 Å². The molecule has 0 unspecified atom stereocenters. The standard InChI is InChI=1S/C21H20N2O5S/c22-9-4-10-23(16-7-8-18-19(13-16)27-12-11-26-18)20(24)14-28-21(25)15-29-17-5-2-1-3-6-17/h1-3,5-8,13H,4,10-12,14-15H2. The van der Waals surface area contributed by atoms with Crippen LogP contribution in [0.1, 0.15) is 6.42 Å². The lowest BCUT2D eigenvalue weighted by atomic mass is 10.2. The molecule has 3 rings (SSSR count). The SMILES string of the molecule is N#CCCN(C(=O)COC(=O)CSc1ccccc1)c1ccc2c(c1)OCCO2. The van der Waals surface area contributed by atoms with Gasteiger partial charge in [-0.2, -0.15) is 5.26 Å². The normalized spacial score (nSPS) is 12.0. The van der Waals surface area contributed by atoms with Crippen LogP contribution in [0.2, 0.25) is 0 Å². The summed E-state index contributed by atoms with van der Waals surface area (Å²) < 4.78 is 16.2. The highest BCUT2D eigenvalue weighted by Crippen LogP contribution is 2.34. The van der Waals surface area contributed by atoms with Crippen LogP contribution in [0.3, 0.4) is 0 Å². The minimum atomic E-state index is -0.477. The number of rotatable bonds is 8. The molecule has 0 atom stereocenters. The molecule has 2 aromatic carbocycles. The van der Waals surface area contributed by atoms with E-state index in [9.17, 15) is 9.59 Å². The Morgan fingerprint density at radius 2 is 1.86 bits per heavy atom. The Balaban J connectivity index is 1.59. The zero-order valence-corrected chi connectivity index (χ0v) is 16.5. The van der Waals surface area contributed by atoms with Gasteiger partial charge >= 0.3 is 5.97 Å². The maximum Gasteiger partial charge on any atom is 0.316 e. The third-order valence-corrected chi connectivity index (χ3v) is 5.03. The van der Waals surface area contributed by atoms with Gasteiger partial charge in [-0.3, -0.25) is 9.59 Å². The first-order valence-corrected chi connectivity index (χ1v) is 10.1. The van der Waals surface area contributed by atoms with Crippen molar-refractivity contribution in [1.29, 1.82) is 5.26 Å². The number of esters is 1. The van der Waals surface area contributed by atoms with Crippen molar-refractivity contribution < 1.29 is 23.8 Å². The molecule has 29 heavy (non-hydrogen) atoms. The molecule has 1 aliphatic heterocycles. The number of benzene rings is 2. The molecule has 0 aliphatic carbocycles. The van der Waals surface area contributed by atoms with Crippen molar-refractivity contribution in [2.45, 2.75) is 11.3 Å². The van der Waals surface area contributed by atoms with E-state index in [0.717, 1.165) is 4.90 Å². The van der Waals surface area contributed by atoms with E-state index in [0.29, 0.717) is 30.4 Å². The number of nitriles is 1. The smallest absolute Gasteiger partial charge is 0.316 e. The molecular formula is C21H20N2O5S. The highest BCUT2D eigenvalue weighted by molar-refractivity contribution is 8.00. The van der Waals surface area contributed by atoms with Gasteiger partial charge in [-0.1, -0.05) is 18.2 Å². The minimum Gasteiger partial charge on any atom is -0.486 e. The van der Waals surface area contributed by atoms with E-state index >= 15 is 0 Å². The fourth-order valence-corrected chi connectivity index (χ4v) is 3.40. The highest BCUT2D eigenvalue weighted by atomic mass is 32.2. The number of carbonyl (C=O) groups excluding carboxylic acids is 2. The van der Waals surface area contributed by atoms with Crippen LogP contribution >= 0.6 is 11.8 Å². The van der Waals surface area contributed by atoms with Crippen molar-refractivity contribution in [3.8, 4) is 17.6 Å². The molecule has 2 aromatic rings. The van der Waals surface area contributed by atoms with Crippen molar-refractivity contribution in [3.63, 3.8) is 0 Å². The van der Waals surface area contributed by atoms with Crippen molar-refractivity contribution in [3.05, 3.63) is 48.5 Å². The predicted octanol–water partition coefficient (Wildman–Crippen LogP) is 3.04. The summed E-state index contributed by atoms with van der Waals surface area (Å²) in [7, 11) is 0. The quantitative estimate of drug-likeness (QED) is 0.486. The summed E-state index contributed by atoms with van der Waals surface area (Å²) in [6.07, 6.45) is 0.151. The Bertz CT molecular complexity index is 898. The number of thioether (sulfide) groups is 1. The van der Waals surface area contributed by atoms with Gasteiger partial charge < -0.3 is 19.1 Å². The minimum absolute atomic E-state index is 0.111. The van der Waals surface area contributed by atoms with Gasteiger partial charge in [-0.15, -0.1) is 11.8 Å². The third-order valence-electron chi connectivity index (χ3n) is 4.04. The van der Waals surface area contributed by atoms with E-state index in [2.05, 4.69) is 0 Å². The van der Waals surface area contributed by atoms with Crippen molar-refractivity contribution in [2.75, 3.05) is 37.0 Å². The number of hydrogen-bond acceptors (Lipinski definition) is 7. The van der Waals surface area contributed by atoms with E-state index in [1.165, 1.54) is 16.7 Å². The van der Waals surface area contributed by atoms with Crippen LogP contribution in [0.4, 0.5) is 5.69 Å². The molecule has 0 N–H and O–H groups in total. The molecule has 0 radical (unpaired) electrons. The molecule has 0 aromatic heterocycles. The summed E-state index contributed by atoms with van der Waals surface area (Å²) in [5, 5.41) is 8.91. The molecule has 0 bridgehead atoms. The topological polar surface area (TPSA) is 88.9 Å². The summed E-state index contributed by atoms with van der Waals surface area (Å²) in [5.41, 5.74) is 0.559. The summed E-state index contributed by atoms with van der Waals surface area (Å²) >= 11 is 1.34. The number of anilines is 1. The largest absolute Gasteiger partial charge is 0.486 e. The Morgan fingerprint density at radius 3 is 2.62 bits per heavy atom. The highest BCUT2D eigenvalue weighted by Gasteiger charge is 2.20. The van der Waals surface area contributed by atoms with Crippen LogP contribution in [0.25, 0.3) is 0 Å². The van der Waals surface area contributed by atoms with Crippen LogP contribution < -0.4 is 14.4 Å². The van der Waals surface area contributed by atoms with E-state index in [1.54, 1.807) is 18.2 Å². The van der Waals surface area contributed by atoms with Gasteiger partial charge in [0.1, 0.15) is 13.2 Å². The van der Waals surface area contributed by atoms with Crippen LogP contribution in [-0.4, -0.2) is 44.0 Å². The first kappa shape index (κ1) is 20.6. The van der Waals surface area contributed by atoms with E-state index in [1.807, 2.05) is 36.4 Å². The zero-order valence-electron chi connectivity index (χ0n) is 15.7. The predicted molar refractivity (Wildman–Crippen MR) is 108 cm³/mol. The van der Waals surface area contributed by atoms with E-state index < -0.39 is 18.5 Å². The number of nitrogens with zero attached hydrogens (tertiary/aromatic N) is 2. The molecule has 0 saturated carbocycles. The number of hydrogen-bond donors (Lipinski definition) is 0. The van der Waals surface area contributed by atoms with Crippen LogP contribution in [-0.2, 0) is 14.3 Å². The summed E-state index contributed by atoms with van der Waals surface area (Å²) in [6.45, 7) is 0.693. The average Bonchev–Trinajstić information content (AvgIpc) is 2.77. The van der Waals surface area contributed by atoms with Crippen molar-refractivity contribution >= 4 is 29.3 Å². The molecule has 7 nitrogen and oxygen atoms in total. The molecule has 0 saturated heterocycles. The van der Waals surface area contributed by atoms with Crippen LogP contribution in [0, 0.1) is 11.3 Å². The summed E-state index contributed by atoms with van der Waals surface area (Å²) in [6, 6.07) is 16.6. The van der Waals surface area contributed by atoms with Crippen LogP contribution in [0.15, 0.2) is 53.4 Å². The lowest BCUT2D eigenvalue weighted by Crippen LogP contribution is -2.35. The number of fused-ring (bicyclic) bond motifs is 1. The summed E-state index contributed by atoms with van der Waals surface area (Å²) in [5.74, 6) is 0.376. The number of carbonyl (C=O) groups is 2. The first-order valence-electron chi connectivity index (χ1n) is 9.08. The fourth-order valence-electron chi connectivity index (χ4n) is 2.68. The van der Waals surface area contributed by atoms with Gasteiger partial charge in [0.2, 0.25) is 0 Å². The fraction of sp³-hybridized carbons (Fsp3) is 0.286. The third kappa shape index (κ3) is 5.90. The Labute approximate surface area is 173 Å². The van der Waals surface area contributed by atoms with Gasteiger partial charge in [0.05, 0.1) is 18.2 Å². The molecule has 1 amide bonds. The second kappa shape index (κ2) is 10.4. The van der Waals surface area contributed by atoms with Crippen molar-refractivity contribution in [1.82, 2.24) is 0 Å². The monoisotopic (exact) mass is 412 g/mol. The zero-order chi connectivity index (χ0) is 20.5.